The third-order valence-electron chi connectivity index (χ3n) is 3.42. The van der Waals surface area contributed by atoms with Gasteiger partial charge in [-0.2, -0.15) is 0 Å². The molecule has 0 radical (unpaired) electrons. The molecule has 1 aliphatic heterocycles. The Balaban J connectivity index is 1.64. The van der Waals surface area contributed by atoms with E-state index in [-0.39, 0.29) is 0 Å². The molecule has 12 heavy (non-hydrogen) atoms. The first-order chi connectivity index (χ1) is 5.86. The summed E-state index contributed by atoms with van der Waals surface area (Å²) < 4.78 is 0. The highest BCUT2D eigenvalue weighted by Gasteiger charge is 2.23. The van der Waals surface area contributed by atoms with E-state index in [4.69, 9.17) is 0 Å². The topological polar surface area (TPSA) is 15.3 Å². The number of nitrogens with one attached hydrogen (secondary N) is 1. The van der Waals surface area contributed by atoms with Crippen molar-refractivity contribution in [3.05, 3.63) is 0 Å². The van der Waals surface area contributed by atoms with Gasteiger partial charge in [-0.05, 0) is 39.3 Å². The number of rotatable bonds is 3. The zero-order chi connectivity index (χ0) is 8.39. The van der Waals surface area contributed by atoms with E-state index in [9.17, 15) is 0 Å². The van der Waals surface area contributed by atoms with Crippen molar-refractivity contribution >= 4 is 0 Å². The van der Waals surface area contributed by atoms with Gasteiger partial charge in [0.05, 0.1) is 0 Å². The highest BCUT2D eigenvalue weighted by atomic mass is 15.2. The molecule has 1 heterocycles. The van der Waals surface area contributed by atoms with Gasteiger partial charge in [0.1, 0.15) is 0 Å². The number of hydrogen-bond acceptors (Lipinski definition) is 2. The van der Waals surface area contributed by atoms with Crippen LogP contribution in [0.3, 0.4) is 0 Å². The zero-order valence-corrected chi connectivity index (χ0v) is 8.05. The van der Waals surface area contributed by atoms with Crippen molar-refractivity contribution in [3.63, 3.8) is 0 Å². The van der Waals surface area contributed by atoms with E-state index in [2.05, 4.69) is 17.3 Å². The second-order valence-corrected chi connectivity index (χ2v) is 4.31. The molecule has 1 aliphatic carbocycles. The molecule has 0 aromatic carbocycles. The quantitative estimate of drug-likeness (QED) is 0.681. The van der Waals surface area contributed by atoms with Gasteiger partial charge >= 0.3 is 0 Å². The van der Waals surface area contributed by atoms with Crippen LogP contribution in [-0.2, 0) is 0 Å². The number of likely N-dealkylation sites (tertiary alicyclic amines) is 1. The summed E-state index contributed by atoms with van der Waals surface area (Å²) in [5.41, 5.74) is 0. The second kappa shape index (κ2) is 3.75. The summed E-state index contributed by atoms with van der Waals surface area (Å²) in [5, 5.41) is 3.65. The van der Waals surface area contributed by atoms with Gasteiger partial charge in [-0.25, -0.2) is 0 Å². The Morgan fingerprint density at radius 1 is 1.25 bits per heavy atom. The van der Waals surface area contributed by atoms with E-state index in [0.717, 1.165) is 12.1 Å². The maximum atomic E-state index is 3.65. The Kier molecular flexibility index (Phi) is 2.66. The molecule has 0 aromatic rings. The first-order valence-corrected chi connectivity index (χ1v) is 5.30. The highest BCUT2D eigenvalue weighted by molar-refractivity contribution is 4.82. The maximum absolute atomic E-state index is 3.65. The first-order valence-electron chi connectivity index (χ1n) is 5.30. The molecule has 2 heteroatoms. The van der Waals surface area contributed by atoms with Crippen LogP contribution in [0.25, 0.3) is 0 Å². The zero-order valence-electron chi connectivity index (χ0n) is 8.05. The van der Waals surface area contributed by atoms with Gasteiger partial charge < -0.3 is 10.2 Å². The lowest BCUT2D eigenvalue weighted by atomic mass is 9.93. The van der Waals surface area contributed by atoms with Crippen LogP contribution in [0.2, 0.25) is 0 Å². The minimum absolute atomic E-state index is 0.825. The van der Waals surface area contributed by atoms with Crippen LogP contribution in [0.15, 0.2) is 0 Å². The van der Waals surface area contributed by atoms with E-state index in [1.165, 1.54) is 45.2 Å². The van der Waals surface area contributed by atoms with Crippen LogP contribution in [0.4, 0.5) is 0 Å². The molecule has 2 rings (SSSR count). The summed E-state index contributed by atoms with van der Waals surface area (Å²) in [6, 6.07) is 1.68. The van der Waals surface area contributed by atoms with Gasteiger partial charge in [0.2, 0.25) is 0 Å². The lowest BCUT2D eigenvalue weighted by molar-refractivity contribution is 0.263. The molecule has 1 saturated carbocycles. The largest absolute Gasteiger partial charge is 0.312 e. The summed E-state index contributed by atoms with van der Waals surface area (Å²) in [6.07, 6.45) is 7.06. The van der Waals surface area contributed by atoms with Crippen LogP contribution >= 0.6 is 0 Å². The molecule has 0 spiro atoms. The predicted octanol–water partition coefficient (Wildman–Crippen LogP) is 1.22. The molecule has 2 nitrogen and oxygen atoms in total. The summed E-state index contributed by atoms with van der Waals surface area (Å²) >= 11 is 0. The third-order valence-corrected chi connectivity index (χ3v) is 3.42. The van der Waals surface area contributed by atoms with E-state index >= 15 is 0 Å². The van der Waals surface area contributed by atoms with E-state index in [1.54, 1.807) is 0 Å². The molecule has 1 atom stereocenters. The van der Waals surface area contributed by atoms with Crippen molar-refractivity contribution < 1.29 is 0 Å². The molecular formula is C10H20N2. The van der Waals surface area contributed by atoms with Gasteiger partial charge in [0.25, 0.3) is 0 Å². The molecule has 0 aromatic heterocycles. The number of likely N-dealkylation sites (N-methyl/N-ethyl adjacent to an activating group) is 1. The number of hydrogen-bond donors (Lipinski definition) is 1. The summed E-state index contributed by atoms with van der Waals surface area (Å²) in [5.74, 6) is 0. The Hall–Kier alpha value is -0.0800. The Morgan fingerprint density at radius 2 is 2.08 bits per heavy atom. The van der Waals surface area contributed by atoms with Crippen LogP contribution in [-0.4, -0.2) is 37.1 Å². The first kappa shape index (κ1) is 8.52. The van der Waals surface area contributed by atoms with Crippen molar-refractivity contribution in [1.29, 1.82) is 0 Å². The van der Waals surface area contributed by atoms with Crippen molar-refractivity contribution in [2.45, 2.75) is 44.2 Å². The SMILES string of the molecule is CN1CCCC1CNC1CCC1. The molecule has 1 saturated heterocycles. The van der Waals surface area contributed by atoms with Crippen LogP contribution in [0, 0.1) is 0 Å². The molecule has 2 fully saturated rings. The van der Waals surface area contributed by atoms with Crippen molar-refractivity contribution in [1.82, 2.24) is 10.2 Å². The summed E-state index contributed by atoms with van der Waals surface area (Å²) in [6.45, 7) is 2.53. The fourth-order valence-corrected chi connectivity index (χ4v) is 2.15. The monoisotopic (exact) mass is 168 g/mol. The van der Waals surface area contributed by atoms with Crippen molar-refractivity contribution in [3.8, 4) is 0 Å². The van der Waals surface area contributed by atoms with E-state index in [1.807, 2.05) is 0 Å². The Bertz CT molecular complexity index is 143. The van der Waals surface area contributed by atoms with Gasteiger partial charge in [-0.15, -0.1) is 0 Å². The van der Waals surface area contributed by atoms with Crippen molar-refractivity contribution in [2.24, 2.45) is 0 Å². The van der Waals surface area contributed by atoms with Gasteiger partial charge in [-0.1, -0.05) is 6.42 Å². The van der Waals surface area contributed by atoms with E-state index < -0.39 is 0 Å². The molecule has 2 aliphatic rings. The highest BCUT2D eigenvalue weighted by Crippen LogP contribution is 2.19. The lowest BCUT2D eigenvalue weighted by Gasteiger charge is -2.29. The molecule has 0 amide bonds. The Labute approximate surface area is 75.3 Å². The van der Waals surface area contributed by atoms with Crippen LogP contribution < -0.4 is 5.32 Å². The third kappa shape index (κ3) is 1.80. The average molecular weight is 168 g/mol. The normalized spacial score (nSPS) is 32.2. The smallest absolute Gasteiger partial charge is 0.0218 e. The summed E-state index contributed by atoms with van der Waals surface area (Å²) in [7, 11) is 2.25. The van der Waals surface area contributed by atoms with E-state index in [0.29, 0.717) is 0 Å². The lowest BCUT2D eigenvalue weighted by Crippen LogP contribution is -2.43. The molecule has 1 N–H and O–H groups in total. The Morgan fingerprint density at radius 3 is 2.58 bits per heavy atom. The van der Waals surface area contributed by atoms with Crippen LogP contribution in [0.1, 0.15) is 32.1 Å². The standard InChI is InChI=1S/C10H20N2/c1-12-7-3-6-10(12)8-11-9-4-2-5-9/h9-11H,2-8H2,1H3. The van der Waals surface area contributed by atoms with Gasteiger partial charge in [0, 0.05) is 18.6 Å². The maximum Gasteiger partial charge on any atom is 0.0218 e. The fourth-order valence-electron chi connectivity index (χ4n) is 2.15. The predicted molar refractivity (Wildman–Crippen MR) is 51.3 cm³/mol. The molecule has 0 bridgehead atoms. The second-order valence-electron chi connectivity index (χ2n) is 4.31. The fraction of sp³-hybridized carbons (Fsp3) is 1.00. The van der Waals surface area contributed by atoms with Crippen molar-refractivity contribution in [2.75, 3.05) is 20.1 Å². The molecular weight excluding hydrogens is 148 g/mol. The van der Waals surface area contributed by atoms with Gasteiger partial charge in [-0.3, -0.25) is 0 Å². The minimum atomic E-state index is 0.825. The van der Waals surface area contributed by atoms with Crippen LogP contribution in [0.5, 0.6) is 0 Å². The number of nitrogens with zero attached hydrogens (tertiary/aromatic N) is 1. The summed E-state index contributed by atoms with van der Waals surface area (Å²) in [4.78, 5) is 2.49. The van der Waals surface area contributed by atoms with Gasteiger partial charge in [0.15, 0.2) is 0 Å². The molecule has 1 unspecified atom stereocenters. The minimum Gasteiger partial charge on any atom is -0.312 e. The molecule has 70 valence electrons. The average Bonchev–Trinajstić information content (AvgIpc) is 2.33.